The predicted molar refractivity (Wildman–Crippen MR) is 75.8 cm³/mol. The molecule has 1 amide bonds. The fraction of sp³-hybridized carbons (Fsp3) is 0.667. The smallest absolute Gasteiger partial charge is 0.333 e. The highest BCUT2D eigenvalue weighted by molar-refractivity contribution is 5.82. The Kier molecular flexibility index (Phi) is 4.36. The lowest BCUT2D eigenvalue weighted by Gasteiger charge is -2.23. The third-order valence-corrected chi connectivity index (χ3v) is 2.60. The SMILES string of the molecule is Cc1nn(C)c(N(C)CC(=O)NC(C)(C)C)c1[N+](=O)[O-]. The number of likely N-dealkylation sites (N-methyl/N-ethyl adjacent to an activating group) is 1. The lowest BCUT2D eigenvalue weighted by atomic mass is 10.1. The van der Waals surface area contributed by atoms with Gasteiger partial charge >= 0.3 is 5.69 Å². The van der Waals surface area contributed by atoms with E-state index in [0.29, 0.717) is 11.5 Å². The molecule has 0 aromatic carbocycles. The molecule has 1 aromatic heterocycles. The Hall–Kier alpha value is -2.12. The van der Waals surface area contributed by atoms with Gasteiger partial charge in [0.25, 0.3) is 0 Å². The number of anilines is 1. The van der Waals surface area contributed by atoms with E-state index >= 15 is 0 Å². The molecule has 1 N–H and O–H groups in total. The molecule has 0 aliphatic rings. The molecule has 0 aliphatic carbocycles. The number of hydrogen-bond acceptors (Lipinski definition) is 5. The average molecular weight is 283 g/mol. The highest BCUT2D eigenvalue weighted by atomic mass is 16.6. The van der Waals surface area contributed by atoms with Gasteiger partial charge in [0.2, 0.25) is 11.7 Å². The molecule has 0 aliphatic heterocycles. The Morgan fingerprint density at radius 2 is 2.05 bits per heavy atom. The predicted octanol–water partition coefficient (Wildman–Crippen LogP) is 0.988. The maximum Gasteiger partial charge on any atom is 0.333 e. The van der Waals surface area contributed by atoms with Crippen LogP contribution in [0.25, 0.3) is 0 Å². The molecule has 1 aromatic rings. The zero-order valence-electron chi connectivity index (χ0n) is 12.7. The summed E-state index contributed by atoms with van der Waals surface area (Å²) in [5, 5.41) is 18.0. The van der Waals surface area contributed by atoms with Crippen molar-refractivity contribution in [2.45, 2.75) is 33.2 Å². The first-order chi connectivity index (χ1) is 9.03. The molecule has 112 valence electrons. The lowest BCUT2D eigenvalue weighted by molar-refractivity contribution is -0.384. The summed E-state index contributed by atoms with van der Waals surface area (Å²) in [7, 11) is 3.25. The topological polar surface area (TPSA) is 93.3 Å². The molecule has 0 saturated carbocycles. The van der Waals surface area contributed by atoms with Crippen molar-refractivity contribution in [2.75, 3.05) is 18.5 Å². The van der Waals surface area contributed by atoms with E-state index in [4.69, 9.17) is 0 Å². The van der Waals surface area contributed by atoms with Crippen molar-refractivity contribution in [3.63, 3.8) is 0 Å². The van der Waals surface area contributed by atoms with Crippen LogP contribution in [0.4, 0.5) is 11.5 Å². The molecule has 8 nitrogen and oxygen atoms in total. The maximum atomic E-state index is 11.9. The number of nitro groups is 1. The molecule has 0 bridgehead atoms. The summed E-state index contributed by atoms with van der Waals surface area (Å²) in [5.41, 5.74) is -0.0826. The van der Waals surface area contributed by atoms with E-state index in [2.05, 4.69) is 10.4 Å². The standard InChI is InChI=1S/C12H21N5O3/c1-8-10(17(19)20)11(16(6)14-8)15(5)7-9(18)13-12(2,3)4/h7H2,1-6H3,(H,13,18). The summed E-state index contributed by atoms with van der Waals surface area (Å²) in [6, 6.07) is 0. The van der Waals surface area contributed by atoms with Gasteiger partial charge in [0.05, 0.1) is 11.5 Å². The van der Waals surface area contributed by atoms with Gasteiger partial charge < -0.3 is 10.2 Å². The Bertz CT molecular complexity index is 530. The van der Waals surface area contributed by atoms with E-state index in [9.17, 15) is 14.9 Å². The van der Waals surface area contributed by atoms with Crippen LogP contribution in [0.3, 0.4) is 0 Å². The van der Waals surface area contributed by atoms with Crippen LogP contribution in [0.15, 0.2) is 0 Å². The van der Waals surface area contributed by atoms with Crippen molar-refractivity contribution in [3.8, 4) is 0 Å². The second-order valence-corrected chi connectivity index (χ2v) is 5.79. The summed E-state index contributed by atoms with van der Waals surface area (Å²) in [6.45, 7) is 7.23. The van der Waals surface area contributed by atoms with E-state index in [1.54, 1.807) is 21.0 Å². The van der Waals surface area contributed by atoms with Crippen LogP contribution in [-0.2, 0) is 11.8 Å². The molecule has 0 radical (unpaired) electrons. The highest BCUT2D eigenvalue weighted by Gasteiger charge is 2.28. The van der Waals surface area contributed by atoms with E-state index in [1.807, 2.05) is 20.8 Å². The number of carbonyl (C=O) groups excluding carboxylic acids is 1. The van der Waals surface area contributed by atoms with Crippen LogP contribution in [0.5, 0.6) is 0 Å². The number of carbonyl (C=O) groups is 1. The molecule has 0 unspecified atom stereocenters. The number of amides is 1. The van der Waals surface area contributed by atoms with E-state index < -0.39 is 4.92 Å². The molecule has 20 heavy (non-hydrogen) atoms. The molecule has 0 fully saturated rings. The first-order valence-corrected chi connectivity index (χ1v) is 6.23. The second-order valence-electron chi connectivity index (χ2n) is 5.79. The summed E-state index contributed by atoms with van der Waals surface area (Å²) in [5.74, 6) is 0.115. The molecule has 0 atom stereocenters. The number of nitrogens with zero attached hydrogens (tertiary/aromatic N) is 4. The van der Waals surface area contributed by atoms with Crippen molar-refractivity contribution < 1.29 is 9.72 Å². The Balaban J connectivity index is 2.96. The van der Waals surface area contributed by atoms with Gasteiger partial charge in [-0.25, -0.2) is 4.68 Å². The number of hydrogen-bond donors (Lipinski definition) is 1. The van der Waals surface area contributed by atoms with E-state index in [-0.39, 0.29) is 23.7 Å². The van der Waals surface area contributed by atoms with Crippen molar-refractivity contribution >= 4 is 17.4 Å². The van der Waals surface area contributed by atoms with Crippen LogP contribution < -0.4 is 10.2 Å². The van der Waals surface area contributed by atoms with Crippen LogP contribution in [-0.4, -0.2) is 39.7 Å². The summed E-state index contributed by atoms with van der Waals surface area (Å²) in [6.07, 6.45) is 0. The van der Waals surface area contributed by atoms with Gasteiger partial charge in [0, 0.05) is 19.6 Å². The van der Waals surface area contributed by atoms with Crippen LogP contribution in [0.1, 0.15) is 26.5 Å². The number of aryl methyl sites for hydroxylation is 2. The zero-order valence-corrected chi connectivity index (χ0v) is 12.7. The van der Waals surface area contributed by atoms with Gasteiger partial charge in [-0.05, 0) is 27.7 Å². The quantitative estimate of drug-likeness (QED) is 0.657. The van der Waals surface area contributed by atoms with E-state index in [0.717, 1.165) is 0 Å². The number of nitrogens with one attached hydrogen (secondary N) is 1. The monoisotopic (exact) mass is 283 g/mol. The van der Waals surface area contributed by atoms with Crippen molar-refractivity contribution in [1.82, 2.24) is 15.1 Å². The molecule has 1 heterocycles. The molecular formula is C12H21N5O3. The summed E-state index contributed by atoms with van der Waals surface area (Å²) >= 11 is 0. The Morgan fingerprint density at radius 1 is 1.50 bits per heavy atom. The largest absolute Gasteiger partial charge is 0.350 e. The molecule has 0 spiro atoms. The highest BCUT2D eigenvalue weighted by Crippen LogP contribution is 2.29. The molecule has 8 heteroatoms. The van der Waals surface area contributed by atoms with Crippen LogP contribution >= 0.6 is 0 Å². The van der Waals surface area contributed by atoms with Gasteiger partial charge in [-0.2, -0.15) is 5.10 Å². The normalized spacial score (nSPS) is 11.3. The second kappa shape index (κ2) is 5.48. The van der Waals surface area contributed by atoms with Gasteiger partial charge in [-0.1, -0.05) is 0 Å². The number of aromatic nitrogens is 2. The minimum absolute atomic E-state index is 0.0249. The van der Waals surface area contributed by atoms with Gasteiger partial charge in [-0.15, -0.1) is 0 Å². The zero-order chi connectivity index (χ0) is 15.7. The molecular weight excluding hydrogens is 262 g/mol. The van der Waals surface area contributed by atoms with Crippen LogP contribution in [0, 0.1) is 17.0 Å². The molecule has 1 rings (SSSR count). The fourth-order valence-corrected chi connectivity index (χ4v) is 2.02. The number of rotatable bonds is 4. The Morgan fingerprint density at radius 3 is 2.50 bits per heavy atom. The van der Waals surface area contributed by atoms with Gasteiger partial charge in [0.1, 0.15) is 5.69 Å². The van der Waals surface area contributed by atoms with Crippen molar-refractivity contribution in [3.05, 3.63) is 15.8 Å². The van der Waals surface area contributed by atoms with Crippen LogP contribution in [0.2, 0.25) is 0 Å². The third-order valence-electron chi connectivity index (χ3n) is 2.60. The summed E-state index contributed by atoms with van der Waals surface area (Å²) < 4.78 is 1.41. The minimum Gasteiger partial charge on any atom is -0.350 e. The first kappa shape index (κ1) is 15.9. The van der Waals surface area contributed by atoms with Crippen molar-refractivity contribution in [1.29, 1.82) is 0 Å². The Labute approximate surface area is 117 Å². The first-order valence-electron chi connectivity index (χ1n) is 6.23. The maximum absolute atomic E-state index is 11.9. The van der Waals surface area contributed by atoms with Crippen molar-refractivity contribution in [2.24, 2.45) is 7.05 Å². The van der Waals surface area contributed by atoms with Gasteiger partial charge in [0.15, 0.2) is 0 Å². The average Bonchev–Trinajstić information content (AvgIpc) is 2.49. The minimum atomic E-state index is -0.476. The van der Waals surface area contributed by atoms with E-state index in [1.165, 1.54) is 9.58 Å². The third kappa shape index (κ3) is 3.69. The molecule has 0 saturated heterocycles. The lowest BCUT2D eigenvalue weighted by Crippen LogP contribution is -2.45. The summed E-state index contributed by atoms with van der Waals surface area (Å²) in [4.78, 5) is 24.0. The van der Waals surface area contributed by atoms with Gasteiger partial charge in [-0.3, -0.25) is 14.9 Å². The fourth-order valence-electron chi connectivity index (χ4n) is 2.02.